The maximum Gasteiger partial charge on any atom is 0.417 e. The number of carbonyl (C=O) groups excluding carboxylic acids is 2. The molecule has 2 amide bonds. The van der Waals surface area contributed by atoms with Gasteiger partial charge in [-0.25, -0.2) is 4.98 Å². The number of benzene rings is 3. The van der Waals surface area contributed by atoms with Gasteiger partial charge in [0.15, 0.2) is 0 Å². The number of anilines is 2. The van der Waals surface area contributed by atoms with Crippen LogP contribution in [0.2, 0.25) is 0 Å². The number of pyridine rings is 1. The van der Waals surface area contributed by atoms with E-state index < -0.39 is 29.1 Å². The Morgan fingerprint density at radius 3 is 2.36 bits per heavy atom. The number of alkyl halides is 3. The van der Waals surface area contributed by atoms with E-state index in [-0.39, 0.29) is 22.8 Å². The number of phenolic OH excluding ortho intramolecular Hbond substituents is 1. The summed E-state index contributed by atoms with van der Waals surface area (Å²) in [5.41, 5.74) is -0.966. The van der Waals surface area contributed by atoms with Crippen molar-refractivity contribution >= 4 is 34.2 Å². The maximum absolute atomic E-state index is 13.2. The molecule has 166 valence electrons. The van der Waals surface area contributed by atoms with Gasteiger partial charge in [0.25, 0.3) is 11.8 Å². The largest absolute Gasteiger partial charge is 0.506 e. The average molecular weight is 451 g/mol. The second kappa shape index (κ2) is 8.62. The van der Waals surface area contributed by atoms with Crippen LogP contribution in [0.3, 0.4) is 0 Å². The van der Waals surface area contributed by atoms with Gasteiger partial charge in [-0.05, 0) is 48.5 Å². The van der Waals surface area contributed by atoms with Crippen molar-refractivity contribution in [3.05, 3.63) is 95.6 Å². The Balaban J connectivity index is 1.53. The third-order valence-electron chi connectivity index (χ3n) is 4.80. The molecule has 33 heavy (non-hydrogen) atoms. The Labute approximate surface area is 185 Å². The van der Waals surface area contributed by atoms with Crippen molar-refractivity contribution in [1.82, 2.24) is 4.98 Å². The zero-order valence-corrected chi connectivity index (χ0v) is 16.9. The molecular weight excluding hydrogens is 435 g/mol. The summed E-state index contributed by atoms with van der Waals surface area (Å²) in [6.07, 6.45) is -4.68. The predicted octanol–water partition coefficient (Wildman–Crippen LogP) is 5.46. The van der Waals surface area contributed by atoms with Crippen LogP contribution in [0.5, 0.6) is 5.75 Å². The van der Waals surface area contributed by atoms with E-state index in [2.05, 4.69) is 15.6 Å². The zero-order valence-electron chi connectivity index (χ0n) is 16.9. The monoisotopic (exact) mass is 451 g/mol. The molecule has 3 aromatic carbocycles. The number of halogens is 3. The average Bonchev–Trinajstić information content (AvgIpc) is 2.79. The minimum atomic E-state index is -4.68. The molecule has 3 N–H and O–H groups in total. The van der Waals surface area contributed by atoms with E-state index in [1.54, 1.807) is 24.3 Å². The fourth-order valence-electron chi connectivity index (χ4n) is 3.25. The molecule has 4 rings (SSSR count). The Kier molecular flexibility index (Phi) is 5.70. The van der Waals surface area contributed by atoms with E-state index >= 15 is 0 Å². The summed E-state index contributed by atoms with van der Waals surface area (Å²) < 4.78 is 39.6. The summed E-state index contributed by atoms with van der Waals surface area (Å²) in [6, 6.07) is 18.4. The van der Waals surface area contributed by atoms with E-state index in [1.165, 1.54) is 42.5 Å². The summed E-state index contributed by atoms with van der Waals surface area (Å²) in [6.45, 7) is 0. The fraction of sp³-hybridized carbons (Fsp3) is 0.0417. The van der Waals surface area contributed by atoms with Gasteiger partial charge in [0.05, 0.1) is 11.1 Å². The van der Waals surface area contributed by atoms with Gasteiger partial charge in [0.2, 0.25) is 0 Å². The van der Waals surface area contributed by atoms with E-state index in [0.29, 0.717) is 10.9 Å². The van der Waals surface area contributed by atoms with Crippen molar-refractivity contribution in [2.24, 2.45) is 0 Å². The van der Waals surface area contributed by atoms with Crippen LogP contribution in [0.1, 0.15) is 26.3 Å². The molecule has 0 saturated carbocycles. The standard InChI is InChI=1S/C24H16F3N3O3/c25-24(26,27)18-9-2-1-8-17(18)23(33)28-16-7-3-6-15(13-16)22(32)30-20-12-11-14-5-4-10-19(31)21(14)29-20/h1-13,31H,(H,28,33)(H,29,30,32). The highest BCUT2D eigenvalue weighted by Gasteiger charge is 2.34. The molecule has 0 aliphatic rings. The molecule has 0 saturated heterocycles. The predicted molar refractivity (Wildman–Crippen MR) is 117 cm³/mol. The lowest BCUT2D eigenvalue weighted by Gasteiger charge is -2.13. The molecule has 0 bridgehead atoms. The second-order valence-electron chi connectivity index (χ2n) is 7.08. The van der Waals surface area contributed by atoms with Crippen LogP contribution in [-0.2, 0) is 6.18 Å². The van der Waals surface area contributed by atoms with Crippen LogP contribution in [0.15, 0.2) is 78.9 Å². The van der Waals surface area contributed by atoms with Crippen LogP contribution in [0.4, 0.5) is 24.7 Å². The summed E-state index contributed by atoms with van der Waals surface area (Å²) in [5.74, 6) is -1.34. The van der Waals surface area contributed by atoms with Crippen LogP contribution >= 0.6 is 0 Å². The topological polar surface area (TPSA) is 91.3 Å². The van der Waals surface area contributed by atoms with Gasteiger partial charge in [0, 0.05) is 16.6 Å². The third kappa shape index (κ3) is 4.77. The first kappa shape index (κ1) is 21.8. The number of hydrogen-bond acceptors (Lipinski definition) is 4. The Bertz CT molecular complexity index is 1370. The van der Waals surface area contributed by atoms with Crippen LogP contribution in [0, 0.1) is 0 Å². The lowest BCUT2D eigenvalue weighted by molar-refractivity contribution is -0.137. The molecule has 0 fully saturated rings. The molecule has 0 atom stereocenters. The fourth-order valence-corrected chi connectivity index (χ4v) is 3.25. The summed E-state index contributed by atoms with van der Waals surface area (Å²) in [4.78, 5) is 29.3. The SMILES string of the molecule is O=C(Nc1ccc2cccc(O)c2n1)c1cccc(NC(=O)c2ccccc2C(F)(F)F)c1. The van der Waals surface area contributed by atoms with Gasteiger partial charge in [-0.1, -0.05) is 30.3 Å². The highest BCUT2D eigenvalue weighted by molar-refractivity contribution is 6.08. The molecule has 9 heteroatoms. The number of aromatic nitrogens is 1. The molecule has 1 aromatic heterocycles. The molecule has 1 heterocycles. The van der Waals surface area contributed by atoms with Crippen LogP contribution in [-0.4, -0.2) is 21.9 Å². The number of fused-ring (bicyclic) bond motifs is 1. The number of hydrogen-bond donors (Lipinski definition) is 3. The molecule has 0 aliphatic heterocycles. The van der Waals surface area contributed by atoms with Crippen molar-refractivity contribution in [3.63, 3.8) is 0 Å². The lowest BCUT2D eigenvalue weighted by atomic mass is 10.1. The van der Waals surface area contributed by atoms with E-state index in [0.717, 1.165) is 12.1 Å². The number of carbonyl (C=O) groups is 2. The molecule has 0 unspecified atom stereocenters. The van der Waals surface area contributed by atoms with Gasteiger partial charge in [-0.2, -0.15) is 13.2 Å². The highest BCUT2D eigenvalue weighted by Crippen LogP contribution is 2.32. The number of amides is 2. The summed E-state index contributed by atoms with van der Waals surface area (Å²) in [7, 11) is 0. The molecule has 0 spiro atoms. The van der Waals surface area contributed by atoms with Gasteiger partial charge in [-0.15, -0.1) is 0 Å². The third-order valence-corrected chi connectivity index (χ3v) is 4.80. The minimum Gasteiger partial charge on any atom is -0.506 e. The number of para-hydroxylation sites is 1. The quantitative estimate of drug-likeness (QED) is 0.384. The van der Waals surface area contributed by atoms with E-state index in [4.69, 9.17) is 0 Å². The van der Waals surface area contributed by atoms with Crippen molar-refractivity contribution in [3.8, 4) is 5.75 Å². The highest BCUT2D eigenvalue weighted by atomic mass is 19.4. The van der Waals surface area contributed by atoms with E-state index in [1.807, 2.05) is 0 Å². The molecule has 0 aliphatic carbocycles. The first-order valence-electron chi connectivity index (χ1n) is 9.70. The van der Waals surface area contributed by atoms with Gasteiger partial charge < -0.3 is 15.7 Å². The first-order valence-corrected chi connectivity index (χ1v) is 9.70. The normalized spacial score (nSPS) is 11.2. The Morgan fingerprint density at radius 2 is 1.58 bits per heavy atom. The van der Waals surface area contributed by atoms with Crippen molar-refractivity contribution < 1.29 is 27.9 Å². The van der Waals surface area contributed by atoms with Gasteiger partial charge >= 0.3 is 6.18 Å². The maximum atomic E-state index is 13.2. The Hall–Kier alpha value is -4.40. The minimum absolute atomic E-state index is 0.0348. The zero-order chi connectivity index (χ0) is 23.6. The lowest BCUT2D eigenvalue weighted by Crippen LogP contribution is -2.19. The van der Waals surface area contributed by atoms with Crippen LogP contribution in [0.25, 0.3) is 10.9 Å². The van der Waals surface area contributed by atoms with Gasteiger partial charge in [0.1, 0.15) is 17.1 Å². The molecule has 4 aromatic rings. The first-order chi connectivity index (χ1) is 15.7. The summed E-state index contributed by atoms with van der Waals surface area (Å²) in [5, 5.41) is 15.6. The number of aromatic hydroxyl groups is 1. The van der Waals surface area contributed by atoms with Crippen molar-refractivity contribution in [1.29, 1.82) is 0 Å². The van der Waals surface area contributed by atoms with Crippen molar-refractivity contribution in [2.75, 3.05) is 10.6 Å². The number of rotatable bonds is 4. The van der Waals surface area contributed by atoms with Gasteiger partial charge in [-0.3, -0.25) is 9.59 Å². The number of phenols is 1. The molecule has 6 nitrogen and oxygen atoms in total. The van der Waals surface area contributed by atoms with Crippen LogP contribution < -0.4 is 10.6 Å². The summed E-state index contributed by atoms with van der Waals surface area (Å²) >= 11 is 0. The Morgan fingerprint density at radius 1 is 0.818 bits per heavy atom. The number of nitrogens with one attached hydrogen (secondary N) is 2. The molecule has 0 radical (unpaired) electrons. The van der Waals surface area contributed by atoms with E-state index in [9.17, 15) is 27.9 Å². The second-order valence-corrected chi connectivity index (χ2v) is 7.08. The molecular formula is C24H16F3N3O3. The smallest absolute Gasteiger partial charge is 0.417 e. The number of nitrogens with zero attached hydrogens (tertiary/aromatic N) is 1. The van der Waals surface area contributed by atoms with Crippen molar-refractivity contribution in [2.45, 2.75) is 6.18 Å².